The summed E-state index contributed by atoms with van der Waals surface area (Å²) in [5, 5.41) is 3.31. The van der Waals surface area contributed by atoms with E-state index in [4.69, 9.17) is 0 Å². The van der Waals surface area contributed by atoms with Crippen LogP contribution in [0.4, 0.5) is 0 Å². The zero-order valence-corrected chi connectivity index (χ0v) is 10.5. The normalized spacial score (nSPS) is 16.8. The SMILES string of the molecule is O=c1[nH]c2ccc(CN3CCNCC3)cc2[nH]c1=O. The topological polar surface area (TPSA) is 81.0 Å². The number of nitrogens with zero attached hydrogens (tertiary/aromatic N) is 1. The Hall–Kier alpha value is -1.92. The van der Waals surface area contributed by atoms with Gasteiger partial charge in [-0.15, -0.1) is 0 Å². The van der Waals surface area contributed by atoms with E-state index < -0.39 is 11.1 Å². The van der Waals surface area contributed by atoms with Crippen molar-refractivity contribution < 1.29 is 0 Å². The molecule has 3 rings (SSSR count). The van der Waals surface area contributed by atoms with Gasteiger partial charge >= 0.3 is 11.1 Å². The molecule has 0 atom stereocenters. The Morgan fingerprint density at radius 1 is 1.00 bits per heavy atom. The summed E-state index contributed by atoms with van der Waals surface area (Å²) in [6, 6.07) is 5.75. The highest BCUT2D eigenvalue weighted by atomic mass is 16.2. The summed E-state index contributed by atoms with van der Waals surface area (Å²) in [4.78, 5) is 30.1. The van der Waals surface area contributed by atoms with Crippen molar-refractivity contribution in [2.45, 2.75) is 6.54 Å². The van der Waals surface area contributed by atoms with Crippen LogP contribution in [-0.4, -0.2) is 41.0 Å². The van der Waals surface area contributed by atoms with Crippen LogP contribution in [-0.2, 0) is 6.54 Å². The molecule has 3 N–H and O–H groups in total. The maximum Gasteiger partial charge on any atom is 0.314 e. The summed E-state index contributed by atoms with van der Waals surface area (Å²) in [7, 11) is 0. The minimum atomic E-state index is -0.609. The van der Waals surface area contributed by atoms with Crippen LogP contribution in [0, 0.1) is 0 Å². The first-order valence-electron chi connectivity index (χ1n) is 6.41. The molecule has 6 heteroatoms. The number of H-pyrrole nitrogens is 2. The molecular formula is C13H16N4O2. The summed E-state index contributed by atoms with van der Waals surface area (Å²) in [5.74, 6) is 0. The first-order valence-corrected chi connectivity index (χ1v) is 6.41. The lowest BCUT2D eigenvalue weighted by Gasteiger charge is -2.27. The van der Waals surface area contributed by atoms with Gasteiger partial charge < -0.3 is 15.3 Å². The molecule has 0 bridgehead atoms. The maximum absolute atomic E-state index is 11.3. The van der Waals surface area contributed by atoms with Gasteiger partial charge in [-0.25, -0.2) is 0 Å². The molecule has 1 aliphatic rings. The van der Waals surface area contributed by atoms with Crippen molar-refractivity contribution >= 4 is 11.0 Å². The van der Waals surface area contributed by atoms with Gasteiger partial charge in [0.25, 0.3) is 0 Å². The van der Waals surface area contributed by atoms with Crippen LogP contribution in [0.15, 0.2) is 27.8 Å². The Bertz CT molecular complexity index is 698. The molecule has 6 nitrogen and oxygen atoms in total. The van der Waals surface area contributed by atoms with Gasteiger partial charge in [-0.3, -0.25) is 14.5 Å². The summed E-state index contributed by atoms with van der Waals surface area (Å²) < 4.78 is 0. The first-order chi connectivity index (χ1) is 9.22. The number of benzene rings is 1. The monoisotopic (exact) mass is 260 g/mol. The van der Waals surface area contributed by atoms with E-state index in [2.05, 4.69) is 20.2 Å². The Morgan fingerprint density at radius 2 is 1.68 bits per heavy atom. The molecule has 1 aromatic carbocycles. The van der Waals surface area contributed by atoms with E-state index in [9.17, 15) is 9.59 Å². The molecule has 0 spiro atoms. The van der Waals surface area contributed by atoms with E-state index in [1.165, 1.54) is 0 Å². The highest BCUT2D eigenvalue weighted by Gasteiger charge is 2.10. The minimum Gasteiger partial charge on any atom is -0.316 e. The van der Waals surface area contributed by atoms with E-state index in [1.807, 2.05) is 18.2 Å². The van der Waals surface area contributed by atoms with E-state index in [1.54, 1.807) is 0 Å². The van der Waals surface area contributed by atoms with E-state index in [-0.39, 0.29) is 0 Å². The molecule has 0 aliphatic carbocycles. The largest absolute Gasteiger partial charge is 0.316 e. The van der Waals surface area contributed by atoms with Crippen LogP contribution in [0.3, 0.4) is 0 Å². The fourth-order valence-corrected chi connectivity index (χ4v) is 2.39. The average molecular weight is 260 g/mol. The number of hydrogen-bond donors (Lipinski definition) is 3. The van der Waals surface area contributed by atoms with Gasteiger partial charge in [0.05, 0.1) is 11.0 Å². The first kappa shape index (κ1) is 12.1. The van der Waals surface area contributed by atoms with Crippen molar-refractivity contribution in [3.8, 4) is 0 Å². The van der Waals surface area contributed by atoms with Gasteiger partial charge in [0.1, 0.15) is 0 Å². The van der Waals surface area contributed by atoms with Crippen LogP contribution >= 0.6 is 0 Å². The second-order valence-electron chi connectivity index (χ2n) is 4.81. The van der Waals surface area contributed by atoms with E-state index in [0.717, 1.165) is 38.3 Å². The number of nitrogens with one attached hydrogen (secondary N) is 3. The number of rotatable bonds is 2. The molecule has 1 saturated heterocycles. The van der Waals surface area contributed by atoms with Crippen molar-refractivity contribution in [3.05, 3.63) is 44.5 Å². The Balaban J connectivity index is 1.90. The molecule has 100 valence electrons. The Morgan fingerprint density at radius 3 is 2.42 bits per heavy atom. The molecule has 0 unspecified atom stereocenters. The molecule has 0 saturated carbocycles. The molecule has 1 aromatic heterocycles. The third-order valence-corrected chi connectivity index (χ3v) is 3.40. The Kier molecular flexibility index (Phi) is 3.18. The van der Waals surface area contributed by atoms with Crippen LogP contribution in [0.1, 0.15) is 5.56 Å². The number of fused-ring (bicyclic) bond motifs is 1. The lowest BCUT2D eigenvalue weighted by atomic mass is 10.1. The molecule has 19 heavy (non-hydrogen) atoms. The fourth-order valence-electron chi connectivity index (χ4n) is 2.39. The molecule has 1 aliphatic heterocycles. The summed E-state index contributed by atoms with van der Waals surface area (Å²) >= 11 is 0. The van der Waals surface area contributed by atoms with Crippen LogP contribution in [0.5, 0.6) is 0 Å². The lowest BCUT2D eigenvalue weighted by molar-refractivity contribution is 0.233. The fraction of sp³-hybridized carbons (Fsp3) is 0.385. The smallest absolute Gasteiger partial charge is 0.314 e. The van der Waals surface area contributed by atoms with Gasteiger partial charge in [-0.05, 0) is 17.7 Å². The minimum absolute atomic E-state index is 0.605. The van der Waals surface area contributed by atoms with Gasteiger partial charge in [0.15, 0.2) is 0 Å². The third-order valence-electron chi connectivity index (χ3n) is 3.40. The Labute approximate surface area is 109 Å². The zero-order chi connectivity index (χ0) is 13.2. The average Bonchev–Trinajstić information content (AvgIpc) is 2.42. The quantitative estimate of drug-likeness (QED) is 0.643. The molecule has 0 radical (unpaired) electrons. The van der Waals surface area contributed by atoms with E-state index >= 15 is 0 Å². The molecular weight excluding hydrogens is 244 g/mol. The van der Waals surface area contributed by atoms with Gasteiger partial charge in [0.2, 0.25) is 0 Å². The van der Waals surface area contributed by atoms with Crippen molar-refractivity contribution in [1.29, 1.82) is 0 Å². The van der Waals surface area contributed by atoms with Gasteiger partial charge in [-0.1, -0.05) is 6.07 Å². The predicted octanol–water partition coefficient (Wildman–Crippen LogP) is -0.378. The van der Waals surface area contributed by atoms with Crippen molar-refractivity contribution in [2.24, 2.45) is 0 Å². The van der Waals surface area contributed by atoms with Crippen molar-refractivity contribution in [3.63, 3.8) is 0 Å². The van der Waals surface area contributed by atoms with Crippen molar-refractivity contribution in [1.82, 2.24) is 20.2 Å². The van der Waals surface area contributed by atoms with Crippen molar-refractivity contribution in [2.75, 3.05) is 26.2 Å². The summed E-state index contributed by atoms with van der Waals surface area (Å²) in [5.41, 5.74) is 1.26. The molecule has 0 amide bonds. The second-order valence-corrected chi connectivity index (χ2v) is 4.81. The standard InChI is InChI=1S/C13H16N4O2/c18-12-13(19)16-11-7-9(1-2-10(11)15-12)8-17-5-3-14-4-6-17/h1-2,7,14H,3-6,8H2,(H,15,18)(H,16,19). The number of aromatic amines is 2. The predicted molar refractivity (Wildman–Crippen MR) is 73.3 cm³/mol. The van der Waals surface area contributed by atoms with Crippen LogP contribution in [0.25, 0.3) is 11.0 Å². The number of piperazine rings is 1. The summed E-state index contributed by atoms with van der Waals surface area (Å²) in [6.07, 6.45) is 0. The highest BCUT2D eigenvalue weighted by Crippen LogP contribution is 2.11. The van der Waals surface area contributed by atoms with Gasteiger partial charge in [0, 0.05) is 32.7 Å². The highest BCUT2D eigenvalue weighted by molar-refractivity contribution is 5.74. The maximum atomic E-state index is 11.3. The molecule has 2 heterocycles. The third kappa shape index (κ3) is 2.59. The van der Waals surface area contributed by atoms with Crippen LogP contribution in [0.2, 0.25) is 0 Å². The number of aromatic nitrogens is 2. The molecule has 1 fully saturated rings. The summed E-state index contributed by atoms with van der Waals surface area (Å²) in [6.45, 7) is 4.94. The van der Waals surface area contributed by atoms with Crippen LogP contribution < -0.4 is 16.4 Å². The van der Waals surface area contributed by atoms with E-state index in [0.29, 0.717) is 11.0 Å². The van der Waals surface area contributed by atoms with Gasteiger partial charge in [-0.2, -0.15) is 0 Å². The molecule has 2 aromatic rings. The lowest BCUT2D eigenvalue weighted by Crippen LogP contribution is -2.42. The zero-order valence-electron chi connectivity index (χ0n) is 10.5. The number of hydrogen-bond acceptors (Lipinski definition) is 4. The second kappa shape index (κ2) is 4.99.